The average Bonchev–Trinajstić information content (AvgIpc) is 3.01. The molecule has 3 aromatic rings. The van der Waals surface area contributed by atoms with Crippen molar-refractivity contribution in [3.63, 3.8) is 0 Å². The van der Waals surface area contributed by atoms with Crippen LogP contribution in [0.15, 0.2) is 40.9 Å². The lowest BCUT2D eigenvalue weighted by Crippen LogP contribution is -2.04. The third-order valence-corrected chi connectivity index (χ3v) is 2.86. The number of anilines is 1. The first-order valence-corrected chi connectivity index (χ1v) is 6.06. The molecule has 102 valence electrons. The molecule has 2 aromatic heterocycles. The number of fused-ring (bicyclic) bond motifs is 1. The van der Waals surface area contributed by atoms with Crippen LogP contribution in [-0.4, -0.2) is 15.7 Å². The Labute approximate surface area is 114 Å². The number of aryl methyl sites for hydroxylation is 1. The molecule has 0 aliphatic carbocycles. The maximum atomic E-state index is 11.9. The van der Waals surface area contributed by atoms with Gasteiger partial charge in [-0.15, -0.1) is 0 Å². The zero-order chi connectivity index (χ0) is 14.1. The van der Waals surface area contributed by atoms with E-state index in [0.717, 1.165) is 5.39 Å². The molecule has 6 nitrogen and oxygen atoms in total. The average molecular weight is 271 g/mol. The maximum absolute atomic E-state index is 11.9. The van der Waals surface area contributed by atoms with Crippen LogP contribution in [0, 0.1) is 0 Å². The van der Waals surface area contributed by atoms with E-state index in [2.05, 4.69) is 5.10 Å². The van der Waals surface area contributed by atoms with E-state index in [1.807, 2.05) is 0 Å². The first kappa shape index (κ1) is 12.3. The van der Waals surface area contributed by atoms with Crippen molar-refractivity contribution in [2.75, 3.05) is 5.73 Å². The van der Waals surface area contributed by atoms with Crippen molar-refractivity contribution in [2.45, 2.75) is 6.61 Å². The third kappa shape index (κ3) is 2.35. The summed E-state index contributed by atoms with van der Waals surface area (Å²) in [6, 6.07) is 8.59. The molecule has 1 aromatic carbocycles. The second-order valence-corrected chi connectivity index (χ2v) is 4.46. The van der Waals surface area contributed by atoms with E-state index in [-0.39, 0.29) is 12.4 Å². The number of carbonyl (C=O) groups excluding carboxylic acids is 1. The van der Waals surface area contributed by atoms with E-state index < -0.39 is 5.97 Å². The van der Waals surface area contributed by atoms with Gasteiger partial charge in [-0.1, -0.05) is 0 Å². The molecule has 0 spiro atoms. The molecule has 0 unspecified atom stereocenters. The summed E-state index contributed by atoms with van der Waals surface area (Å²) < 4.78 is 12.2. The fourth-order valence-corrected chi connectivity index (χ4v) is 1.91. The normalized spacial score (nSPS) is 10.8. The van der Waals surface area contributed by atoms with Crippen molar-refractivity contribution < 1.29 is 13.9 Å². The number of aromatic nitrogens is 2. The molecular formula is C14H13N3O3. The van der Waals surface area contributed by atoms with Crippen LogP contribution in [0.25, 0.3) is 11.0 Å². The first-order chi connectivity index (χ1) is 9.61. The molecule has 2 N–H and O–H groups in total. The molecule has 0 aliphatic heterocycles. The topological polar surface area (TPSA) is 83.3 Å². The SMILES string of the molecule is Cn1ccc(COC(=O)c2cc3cc(N)ccc3o2)n1. The first-order valence-electron chi connectivity index (χ1n) is 6.06. The monoisotopic (exact) mass is 271 g/mol. The van der Waals surface area contributed by atoms with Gasteiger partial charge < -0.3 is 14.9 Å². The molecule has 0 bridgehead atoms. The summed E-state index contributed by atoms with van der Waals surface area (Å²) in [6.45, 7) is 0.110. The third-order valence-electron chi connectivity index (χ3n) is 2.86. The molecule has 20 heavy (non-hydrogen) atoms. The number of furan rings is 1. The molecule has 0 radical (unpaired) electrons. The fraction of sp³-hybridized carbons (Fsp3) is 0.143. The smallest absolute Gasteiger partial charge is 0.374 e. The Bertz CT molecular complexity index is 773. The highest BCUT2D eigenvalue weighted by Crippen LogP contribution is 2.22. The second kappa shape index (κ2) is 4.73. The minimum absolute atomic E-state index is 0.110. The lowest BCUT2D eigenvalue weighted by molar-refractivity contribution is 0.0433. The van der Waals surface area contributed by atoms with Crippen molar-refractivity contribution in [2.24, 2.45) is 7.05 Å². The summed E-state index contributed by atoms with van der Waals surface area (Å²) in [7, 11) is 1.80. The summed E-state index contributed by atoms with van der Waals surface area (Å²) in [4.78, 5) is 11.9. The zero-order valence-electron chi connectivity index (χ0n) is 10.9. The molecule has 0 aliphatic rings. The highest BCUT2D eigenvalue weighted by atomic mass is 16.5. The summed E-state index contributed by atoms with van der Waals surface area (Å²) >= 11 is 0. The van der Waals surface area contributed by atoms with Crippen LogP contribution in [0.2, 0.25) is 0 Å². The summed E-state index contributed by atoms with van der Waals surface area (Å²) in [5.41, 5.74) is 7.58. The molecule has 2 heterocycles. The number of nitrogens with zero attached hydrogens (tertiary/aromatic N) is 2. The van der Waals surface area contributed by atoms with Gasteiger partial charge >= 0.3 is 5.97 Å². The van der Waals surface area contributed by atoms with Crippen LogP contribution in [0.3, 0.4) is 0 Å². The van der Waals surface area contributed by atoms with Crippen molar-refractivity contribution in [1.82, 2.24) is 9.78 Å². The van der Waals surface area contributed by atoms with Crippen LogP contribution in [-0.2, 0) is 18.4 Å². The van der Waals surface area contributed by atoms with Crippen LogP contribution >= 0.6 is 0 Å². The van der Waals surface area contributed by atoms with Crippen molar-refractivity contribution in [3.05, 3.63) is 48.0 Å². The predicted octanol–water partition coefficient (Wildman–Crippen LogP) is 2.11. The molecule has 6 heteroatoms. The highest BCUT2D eigenvalue weighted by Gasteiger charge is 2.14. The van der Waals surface area contributed by atoms with Gasteiger partial charge in [0.2, 0.25) is 5.76 Å². The zero-order valence-corrected chi connectivity index (χ0v) is 10.9. The number of carbonyl (C=O) groups is 1. The summed E-state index contributed by atoms with van der Waals surface area (Å²) in [5, 5.41) is 4.90. The van der Waals surface area contributed by atoms with Crippen LogP contribution in [0.1, 0.15) is 16.2 Å². The van der Waals surface area contributed by atoms with Gasteiger partial charge in [-0.05, 0) is 30.3 Å². The number of nitrogen functional groups attached to an aromatic ring is 1. The Morgan fingerprint density at radius 3 is 3.00 bits per heavy atom. The van der Waals surface area contributed by atoms with Crippen LogP contribution in [0.4, 0.5) is 5.69 Å². The maximum Gasteiger partial charge on any atom is 0.374 e. The minimum Gasteiger partial charge on any atom is -0.453 e. The fourth-order valence-electron chi connectivity index (χ4n) is 1.91. The Balaban J connectivity index is 1.75. The number of benzene rings is 1. The summed E-state index contributed by atoms with van der Waals surface area (Å²) in [6.07, 6.45) is 1.78. The van der Waals surface area contributed by atoms with E-state index in [9.17, 15) is 4.79 Å². The predicted molar refractivity (Wildman–Crippen MR) is 73.0 cm³/mol. The molecular weight excluding hydrogens is 258 g/mol. The van der Waals surface area contributed by atoms with E-state index >= 15 is 0 Å². The number of rotatable bonds is 3. The molecule has 3 rings (SSSR count). The minimum atomic E-state index is -0.523. The van der Waals surface area contributed by atoms with Crippen LogP contribution in [0.5, 0.6) is 0 Å². The van der Waals surface area contributed by atoms with Crippen LogP contribution < -0.4 is 5.73 Å². The Hall–Kier alpha value is -2.76. The van der Waals surface area contributed by atoms with E-state index in [0.29, 0.717) is 17.0 Å². The highest BCUT2D eigenvalue weighted by molar-refractivity contribution is 5.93. The largest absolute Gasteiger partial charge is 0.453 e. The molecule has 0 saturated heterocycles. The Morgan fingerprint density at radius 1 is 1.40 bits per heavy atom. The van der Waals surface area contributed by atoms with Crippen molar-refractivity contribution >= 4 is 22.6 Å². The van der Waals surface area contributed by atoms with Gasteiger partial charge in [0.15, 0.2) is 0 Å². The second-order valence-electron chi connectivity index (χ2n) is 4.46. The number of hydrogen-bond acceptors (Lipinski definition) is 5. The number of nitrogens with two attached hydrogens (primary N) is 1. The molecule has 0 fully saturated rings. The van der Waals surface area contributed by atoms with Gasteiger partial charge in [0.05, 0.1) is 5.69 Å². The Kier molecular flexibility index (Phi) is 2.90. The van der Waals surface area contributed by atoms with E-state index in [1.165, 1.54) is 0 Å². The molecule has 0 saturated carbocycles. The standard InChI is InChI=1S/C14H13N3O3/c1-17-5-4-11(16-17)8-19-14(18)13-7-9-6-10(15)2-3-12(9)20-13/h2-7H,8,15H2,1H3. The quantitative estimate of drug-likeness (QED) is 0.582. The van der Waals surface area contributed by atoms with Crippen molar-refractivity contribution in [1.29, 1.82) is 0 Å². The Morgan fingerprint density at radius 2 is 2.25 bits per heavy atom. The van der Waals surface area contributed by atoms with Gasteiger partial charge in [0, 0.05) is 24.3 Å². The number of esters is 1. The lowest BCUT2D eigenvalue weighted by Gasteiger charge is -1.99. The summed E-state index contributed by atoms with van der Waals surface area (Å²) in [5.74, 6) is -0.369. The van der Waals surface area contributed by atoms with Gasteiger partial charge in [0.25, 0.3) is 0 Å². The van der Waals surface area contributed by atoms with Crippen molar-refractivity contribution in [3.8, 4) is 0 Å². The number of hydrogen-bond donors (Lipinski definition) is 1. The lowest BCUT2D eigenvalue weighted by atomic mass is 10.2. The van der Waals surface area contributed by atoms with Gasteiger partial charge in [-0.2, -0.15) is 5.10 Å². The van der Waals surface area contributed by atoms with Gasteiger partial charge in [-0.25, -0.2) is 4.79 Å². The van der Waals surface area contributed by atoms with Gasteiger partial charge in [-0.3, -0.25) is 4.68 Å². The molecule has 0 amide bonds. The van der Waals surface area contributed by atoms with E-state index in [4.69, 9.17) is 14.9 Å². The van der Waals surface area contributed by atoms with E-state index in [1.54, 1.807) is 48.3 Å². The molecule has 0 atom stereocenters. The number of ether oxygens (including phenoxy) is 1. The van der Waals surface area contributed by atoms with Gasteiger partial charge in [0.1, 0.15) is 12.2 Å².